The number of nitrogens with zero attached hydrogens (tertiary/aromatic N) is 1. The Morgan fingerprint density at radius 3 is 1.90 bits per heavy atom. The van der Waals surface area contributed by atoms with Crippen LogP contribution in [0.25, 0.3) is 0 Å². The van der Waals surface area contributed by atoms with Gasteiger partial charge in [-0.25, -0.2) is 4.79 Å². The second kappa shape index (κ2) is 37.5. The lowest BCUT2D eigenvalue weighted by Gasteiger charge is -2.44. The van der Waals surface area contributed by atoms with Crippen LogP contribution in [0.1, 0.15) is 179 Å². The van der Waals surface area contributed by atoms with Crippen molar-refractivity contribution >= 4 is 43.0 Å². The number of methoxy groups -OCH3 is 1. The summed E-state index contributed by atoms with van der Waals surface area (Å²) in [5, 5.41) is 3.10. The molecule has 0 aromatic heterocycles. The molecule has 14 heteroatoms. The van der Waals surface area contributed by atoms with Crippen LogP contribution in [0.5, 0.6) is 0 Å². The normalized spacial score (nSPS) is 25.9. The van der Waals surface area contributed by atoms with Crippen LogP contribution in [0.15, 0.2) is 36.0 Å². The minimum atomic E-state index is -1.42. The van der Waals surface area contributed by atoms with E-state index in [1.54, 1.807) is 19.1 Å². The summed E-state index contributed by atoms with van der Waals surface area (Å²) in [6.45, 7) is 46.0. The van der Waals surface area contributed by atoms with Gasteiger partial charge >= 0.3 is 12.1 Å². The number of hydrogen-bond donors (Lipinski definition) is 1. The molecule has 0 bridgehead atoms. The van der Waals surface area contributed by atoms with E-state index in [1.807, 2.05) is 81.5 Å². The number of nitrogens with one attached hydrogen (secondary N) is 1. The molecule has 10 atom stereocenters. The average Bonchev–Trinajstić information content (AvgIpc) is 4.18. The van der Waals surface area contributed by atoms with Gasteiger partial charge in [0, 0.05) is 46.9 Å². The zero-order valence-electron chi connectivity index (χ0n) is 51.2. The van der Waals surface area contributed by atoms with Gasteiger partial charge in [-0.3, -0.25) is 4.79 Å². The minimum absolute atomic E-state index is 0. The van der Waals surface area contributed by atoms with Crippen LogP contribution in [0.4, 0.5) is 4.79 Å². The monoisotopic (exact) mass is 1080 g/mol. The molecule has 1 N–H and O–H groups in total. The highest BCUT2D eigenvalue weighted by atomic mass is 32.3. The van der Waals surface area contributed by atoms with E-state index in [4.69, 9.17) is 31.5 Å². The van der Waals surface area contributed by atoms with Crippen LogP contribution >= 0.6 is 30.9 Å². The molecule has 1 unspecified atom stereocenters. The molecule has 434 valence electrons. The van der Waals surface area contributed by atoms with Gasteiger partial charge in [0.25, 0.3) is 0 Å². The number of likely N-dealkylation sites (N-methyl/N-ethyl adjacent to an activating group) is 2. The molecule has 2 aliphatic heterocycles. The summed E-state index contributed by atoms with van der Waals surface area (Å²) in [7, 11) is 1.40. The largest absolute Gasteiger partial charge is 0.457 e. The average molecular weight is 1090 g/mol. The molecule has 1 amide bonds. The minimum Gasteiger partial charge on any atom is -0.457 e. The number of carbonyl (C=O) groups excluding carboxylic acids is 2. The summed E-state index contributed by atoms with van der Waals surface area (Å²) in [6.07, 6.45) is 11.4. The predicted molar refractivity (Wildman–Crippen MR) is 323 cm³/mol. The molecule has 2 heterocycles. The van der Waals surface area contributed by atoms with Crippen LogP contribution in [-0.4, -0.2) is 151 Å². The van der Waals surface area contributed by atoms with Crippen molar-refractivity contribution in [2.75, 3.05) is 86.1 Å². The fraction of sp³-hybridized carbons (Fsp3) is 0.862. The molecule has 0 spiro atoms. The summed E-state index contributed by atoms with van der Waals surface area (Å²) < 4.78 is 46.8. The fourth-order valence-corrected chi connectivity index (χ4v) is 16.6. The highest BCUT2D eigenvalue weighted by Gasteiger charge is 2.50. The third kappa shape index (κ3) is 22.8. The van der Waals surface area contributed by atoms with Gasteiger partial charge in [0.15, 0.2) is 6.10 Å². The van der Waals surface area contributed by atoms with E-state index < -0.39 is 60.4 Å². The number of amides is 1. The van der Waals surface area contributed by atoms with Crippen molar-refractivity contribution in [3.8, 4) is 0 Å². The van der Waals surface area contributed by atoms with E-state index in [0.29, 0.717) is 25.9 Å². The van der Waals surface area contributed by atoms with Crippen LogP contribution in [0.2, 0.25) is 0 Å². The van der Waals surface area contributed by atoms with E-state index in [9.17, 15) is 9.59 Å². The molecule has 2 rings (SSSR count). The standard InChI is InChI=1S/C52H100N2O9S3.3C2H6.H2/c1-19-44(62-65(23-5,24-6)25-7)42(13)49-45(58-49)39-51(14,63-66(26-8,27-9)28-10)34-29-30-40(11)48-41(12)31-32-46(59-50(56)54(17)37-36-53-16)52(15,57-18)35-33-43(38-47(55)60-48)61-64(20-2,21-3)22-4;3*1-2;/h29-32,34,41-46,48-49,53H,19-28,33,35-39H2,1-18H3;3*1-2H3;1H/b32-31+,34-29+,40-30+;;;;/t41-,42+,43+,44-,45?,46-,48+,49+,51-,52+;;;;/m0..../s1. The topological polar surface area (TPSA) is 117 Å². The summed E-state index contributed by atoms with van der Waals surface area (Å²) in [6, 6.07) is 0. The number of cyclic esters (lactones) is 1. The highest BCUT2D eigenvalue weighted by Crippen LogP contribution is 2.55. The Morgan fingerprint density at radius 2 is 1.43 bits per heavy atom. The molecule has 1 saturated heterocycles. The Balaban J connectivity index is -0.00000673. The van der Waals surface area contributed by atoms with Gasteiger partial charge in [0.1, 0.15) is 11.7 Å². The smallest absolute Gasteiger partial charge is 0.410 e. The van der Waals surface area contributed by atoms with Crippen LogP contribution in [0.3, 0.4) is 0 Å². The van der Waals surface area contributed by atoms with Crippen LogP contribution in [0, 0.1) is 11.8 Å². The maximum absolute atomic E-state index is 14.1. The number of rotatable bonds is 28. The summed E-state index contributed by atoms with van der Waals surface area (Å²) >= 11 is 0. The number of epoxide rings is 1. The van der Waals surface area contributed by atoms with Gasteiger partial charge in [-0.15, -0.1) is 30.9 Å². The second-order valence-corrected chi connectivity index (χ2v) is 30.4. The highest BCUT2D eigenvalue weighted by molar-refractivity contribution is 8.30. The molecular weight excluding hydrogens is 965 g/mol. The van der Waals surface area contributed by atoms with Crippen molar-refractivity contribution in [3.63, 3.8) is 0 Å². The molecule has 0 radical (unpaired) electrons. The Labute approximate surface area is 452 Å². The summed E-state index contributed by atoms with van der Waals surface area (Å²) in [5.41, 5.74) is -0.582. The molecule has 0 aliphatic carbocycles. The van der Waals surface area contributed by atoms with Crippen molar-refractivity contribution < 1.29 is 42.5 Å². The van der Waals surface area contributed by atoms with Crippen molar-refractivity contribution in [2.24, 2.45) is 11.8 Å². The first-order valence-corrected chi connectivity index (χ1v) is 34.8. The quantitative estimate of drug-likeness (QED) is 0.0351. The Bertz CT molecular complexity index is 1520. The molecule has 0 saturated carbocycles. The van der Waals surface area contributed by atoms with Crippen molar-refractivity contribution in [1.82, 2.24) is 10.2 Å². The van der Waals surface area contributed by atoms with Gasteiger partial charge in [-0.1, -0.05) is 149 Å². The van der Waals surface area contributed by atoms with Gasteiger partial charge in [0.05, 0.1) is 36.4 Å². The number of ether oxygens (including phenoxy) is 4. The maximum Gasteiger partial charge on any atom is 0.410 e. The SMILES string of the molecule is CC.CC.CC.CC[C@H](OS(CC)(CC)CC)[C@@H](C)[C@H]1OC1C[C@](C)(/C=C/C=C(\C)[C@H]1OC(=O)C[C@H](OS(CC)(CC)CC)CC[C@@](C)(OC)[C@@H](OC(=O)N(C)CCNC)/C=C/[C@@H]1C)OS(CC)(CC)CC.[HH]. The molecular formula is C58H120N2O9S3. The number of allylic oxidation sites excluding steroid dienone is 2. The number of esters is 1. The van der Waals surface area contributed by atoms with E-state index in [1.165, 1.54) is 0 Å². The van der Waals surface area contributed by atoms with Gasteiger partial charge in [0.2, 0.25) is 0 Å². The van der Waals surface area contributed by atoms with Gasteiger partial charge in [-0.2, -0.15) is 0 Å². The summed E-state index contributed by atoms with van der Waals surface area (Å²) in [5.74, 6) is 8.63. The fourth-order valence-electron chi connectivity index (χ4n) is 9.22. The summed E-state index contributed by atoms with van der Waals surface area (Å²) in [4.78, 5) is 29.2. The number of carbonyl (C=O) groups is 2. The first-order valence-electron chi connectivity index (χ1n) is 28.6. The van der Waals surface area contributed by atoms with Gasteiger partial charge < -0.3 is 41.7 Å². The lowest BCUT2D eigenvalue weighted by atomic mass is 9.88. The molecule has 0 aromatic carbocycles. The lowest BCUT2D eigenvalue weighted by Crippen LogP contribution is -2.46. The van der Waals surface area contributed by atoms with Crippen LogP contribution in [-0.2, 0) is 36.3 Å². The Morgan fingerprint density at radius 1 is 0.903 bits per heavy atom. The molecule has 11 nitrogen and oxygen atoms in total. The van der Waals surface area contributed by atoms with Crippen molar-refractivity contribution in [2.45, 2.75) is 225 Å². The third-order valence-corrected chi connectivity index (χ3v) is 26.3. The lowest BCUT2D eigenvalue weighted by molar-refractivity contribution is -0.151. The van der Waals surface area contributed by atoms with Crippen LogP contribution < -0.4 is 5.32 Å². The molecule has 1 fully saturated rings. The van der Waals surface area contributed by atoms with E-state index in [0.717, 1.165) is 70.2 Å². The van der Waals surface area contributed by atoms with E-state index in [-0.39, 0.29) is 50.1 Å². The zero-order valence-corrected chi connectivity index (χ0v) is 53.6. The van der Waals surface area contributed by atoms with Gasteiger partial charge in [-0.05, 0) is 111 Å². The Kier molecular flexibility index (Phi) is 38.0. The third-order valence-electron chi connectivity index (χ3n) is 14.7. The first-order chi connectivity index (χ1) is 34.2. The van der Waals surface area contributed by atoms with Crippen molar-refractivity contribution in [1.29, 1.82) is 0 Å². The van der Waals surface area contributed by atoms with Crippen molar-refractivity contribution in [3.05, 3.63) is 36.0 Å². The first kappa shape index (κ1) is 72.8. The number of hydrogen-bond acceptors (Lipinski definition) is 10. The second-order valence-electron chi connectivity index (χ2n) is 18.9. The molecule has 0 aromatic rings. The maximum atomic E-state index is 14.1. The predicted octanol–water partition coefficient (Wildman–Crippen LogP) is 15.3. The zero-order chi connectivity index (χ0) is 55.9. The molecule has 2 aliphatic rings. The van der Waals surface area contributed by atoms with E-state index in [2.05, 4.69) is 107 Å². The Hall–Kier alpha value is -1.23. The van der Waals surface area contributed by atoms with E-state index >= 15 is 0 Å². The molecule has 72 heavy (non-hydrogen) atoms.